The molecule has 0 aromatic rings. The van der Waals surface area contributed by atoms with Crippen molar-refractivity contribution >= 4 is 5.97 Å². The molecule has 0 atom stereocenters. The Bertz CT molecular complexity index is 261. The highest BCUT2D eigenvalue weighted by atomic mass is 16.4. The highest BCUT2D eigenvalue weighted by Crippen LogP contribution is 2.20. The summed E-state index contributed by atoms with van der Waals surface area (Å²) in [5.41, 5.74) is 0.418. The second kappa shape index (κ2) is 7.10. The van der Waals surface area contributed by atoms with Gasteiger partial charge in [-0.25, -0.2) is 0 Å². The quantitative estimate of drug-likeness (QED) is 0.816. The Morgan fingerprint density at radius 1 is 1.11 bits per heavy atom. The van der Waals surface area contributed by atoms with E-state index in [0.717, 1.165) is 39.1 Å². The van der Waals surface area contributed by atoms with Crippen molar-refractivity contribution in [2.24, 2.45) is 5.41 Å². The lowest BCUT2D eigenvalue weighted by Crippen LogP contribution is -2.34. The van der Waals surface area contributed by atoms with Gasteiger partial charge in [0.25, 0.3) is 0 Å². The monoisotopic (exact) mass is 256 g/mol. The average molecular weight is 256 g/mol. The van der Waals surface area contributed by atoms with Crippen molar-refractivity contribution in [3.8, 4) is 0 Å². The lowest BCUT2D eigenvalue weighted by atomic mass is 9.90. The van der Waals surface area contributed by atoms with Crippen molar-refractivity contribution < 1.29 is 9.90 Å². The summed E-state index contributed by atoms with van der Waals surface area (Å²) in [6.07, 6.45) is 3.58. The van der Waals surface area contributed by atoms with E-state index < -0.39 is 5.97 Å². The van der Waals surface area contributed by atoms with E-state index in [1.165, 1.54) is 12.8 Å². The van der Waals surface area contributed by atoms with Gasteiger partial charge in [-0.15, -0.1) is 0 Å². The van der Waals surface area contributed by atoms with Crippen molar-refractivity contribution in [1.82, 2.24) is 9.80 Å². The molecule has 0 radical (unpaired) electrons. The Balaban J connectivity index is 2.23. The Labute approximate surface area is 111 Å². The predicted molar refractivity (Wildman–Crippen MR) is 73.8 cm³/mol. The van der Waals surface area contributed by atoms with Crippen LogP contribution in [0.25, 0.3) is 0 Å². The van der Waals surface area contributed by atoms with Crippen molar-refractivity contribution in [3.05, 3.63) is 0 Å². The number of carboxylic acid groups (broad SMARTS) is 1. The molecule has 0 unspecified atom stereocenters. The van der Waals surface area contributed by atoms with Crippen LogP contribution >= 0.6 is 0 Å². The smallest absolute Gasteiger partial charge is 0.317 e. The molecule has 0 aromatic carbocycles. The second-order valence-electron chi connectivity index (χ2n) is 6.53. The van der Waals surface area contributed by atoms with Crippen LogP contribution < -0.4 is 0 Å². The van der Waals surface area contributed by atoms with Gasteiger partial charge in [0.1, 0.15) is 0 Å². The third kappa shape index (κ3) is 6.97. The van der Waals surface area contributed by atoms with Crippen LogP contribution in [0.4, 0.5) is 0 Å². The van der Waals surface area contributed by atoms with E-state index in [0.29, 0.717) is 5.41 Å². The van der Waals surface area contributed by atoms with Gasteiger partial charge in [-0.3, -0.25) is 9.69 Å². The topological polar surface area (TPSA) is 43.8 Å². The first-order valence-electron chi connectivity index (χ1n) is 7.03. The Kier molecular flexibility index (Phi) is 6.09. The SMILES string of the molecule is CC(C)(C)CCCN1CCCN(CC(=O)O)CC1. The first-order chi connectivity index (χ1) is 8.37. The molecule has 0 aliphatic carbocycles. The molecule has 106 valence electrons. The second-order valence-corrected chi connectivity index (χ2v) is 6.53. The molecule has 0 amide bonds. The summed E-state index contributed by atoms with van der Waals surface area (Å²) in [4.78, 5) is 15.2. The largest absolute Gasteiger partial charge is 0.480 e. The first kappa shape index (κ1) is 15.4. The summed E-state index contributed by atoms with van der Waals surface area (Å²) in [7, 11) is 0. The zero-order valence-corrected chi connectivity index (χ0v) is 12.1. The molecule has 1 saturated heterocycles. The van der Waals surface area contributed by atoms with Gasteiger partial charge in [0.15, 0.2) is 0 Å². The van der Waals surface area contributed by atoms with Crippen LogP contribution in [0.3, 0.4) is 0 Å². The molecule has 1 fully saturated rings. The maximum Gasteiger partial charge on any atom is 0.317 e. The Morgan fingerprint density at radius 3 is 2.33 bits per heavy atom. The van der Waals surface area contributed by atoms with Crippen LogP contribution in [0, 0.1) is 5.41 Å². The molecule has 4 heteroatoms. The highest BCUT2D eigenvalue weighted by molar-refractivity contribution is 5.69. The van der Waals surface area contributed by atoms with Crippen LogP contribution in [-0.4, -0.2) is 60.1 Å². The fraction of sp³-hybridized carbons (Fsp3) is 0.929. The number of hydrogen-bond acceptors (Lipinski definition) is 3. The van der Waals surface area contributed by atoms with Crippen LogP contribution in [0.1, 0.15) is 40.0 Å². The minimum absolute atomic E-state index is 0.190. The Morgan fingerprint density at radius 2 is 1.72 bits per heavy atom. The molecule has 4 nitrogen and oxygen atoms in total. The normalized spacial score (nSPS) is 19.7. The minimum Gasteiger partial charge on any atom is -0.480 e. The number of aliphatic carboxylic acids is 1. The van der Waals surface area contributed by atoms with Gasteiger partial charge >= 0.3 is 5.97 Å². The first-order valence-corrected chi connectivity index (χ1v) is 7.03. The number of rotatable bonds is 5. The molecule has 0 spiro atoms. The molecular formula is C14H28N2O2. The molecule has 1 aliphatic heterocycles. The summed E-state index contributed by atoms with van der Waals surface area (Å²) in [5, 5.41) is 8.80. The number of carboxylic acids is 1. The molecule has 1 rings (SSSR count). The lowest BCUT2D eigenvalue weighted by molar-refractivity contribution is -0.138. The van der Waals surface area contributed by atoms with Crippen LogP contribution in [-0.2, 0) is 4.79 Å². The summed E-state index contributed by atoms with van der Waals surface area (Å²) >= 11 is 0. The molecular weight excluding hydrogens is 228 g/mol. The zero-order valence-electron chi connectivity index (χ0n) is 12.1. The van der Waals surface area contributed by atoms with Crippen molar-refractivity contribution in [3.63, 3.8) is 0 Å². The summed E-state index contributed by atoms with van der Waals surface area (Å²) < 4.78 is 0. The van der Waals surface area contributed by atoms with Crippen molar-refractivity contribution in [2.45, 2.75) is 40.0 Å². The van der Waals surface area contributed by atoms with Gasteiger partial charge in [-0.2, -0.15) is 0 Å². The highest BCUT2D eigenvalue weighted by Gasteiger charge is 2.17. The number of carbonyl (C=O) groups is 1. The minimum atomic E-state index is -0.712. The van der Waals surface area contributed by atoms with E-state index in [2.05, 4.69) is 25.7 Å². The van der Waals surface area contributed by atoms with E-state index >= 15 is 0 Å². The average Bonchev–Trinajstić information content (AvgIpc) is 2.41. The maximum absolute atomic E-state index is 10.7. The van der Waals surface area contributed by atoms with E-state index in [4.69, 9.17) is 5.11 Å². The van der Waals surface area contributed by atoms with Crippen molar-refractivity contribution in [1.29, 1.82) is 0 Å². The van der Waals surface area contributed by atoms with Crippen LogP contribution in [0.2, 0.25) is 0 Å². The van der Waals surface area contributed by atoms with Gasteiger partial charge in [0, 0.05) is 19.6 Å². The molecule has 1 aliphatic rings. The summed E-state index contributed by atoms with van der Waals surface area (Å²) in [5.74, 6) is -0.712. The van der Waals surface area contributed by atoms with Crippen LogP contribution in [0.15, 0.2) is 0 Å². The third-order valence-electron chi connectivity index (χ3n) is 3.44. The maximum atomic E-state index is 10.7. The fourth-order valence-corrected chi connectivity index (χ4v) is 2.43. The predicted octanol–water partition coefficient (Wildman–Crippen LogP) is 1.91. The fourth-order valence-electron chi connectivity index (χ4n) is 2.43. The van der Waals surface area contributed by atoms with E-state index in [-0.39, 0.29) is 6.54 Å². The molecule has 1 N–H and O–H groups in total. The standard InChI is InChI=1S/C14H28N2O2/c1-14(2,3)6-4-7-15-8-5-9-16(11-10-15)12-13(17)18/h4-12H2,1-3H3,(H,17,18). The van der Waals surface area contributed by atoms with Crippen molar-refractivity contribution in [2.75, 3.05) is 39.3 Å². The number of hydrogen-bond donors (Lipinski definition) is 1. The third-order valence-corrected chi connectivity index (χ3v) is 3.44. The number of nitrogens with zero attached hydrogens (tertiary/aromatic N) is 2. The van der Waals surface area contributed by atoms with Gasteiger partial charge in [0.2, 0.25) is 0 Å². The van der Waals surface area contributed by atoms with Gasteiger partial charge < -0.3 is 10.0 Å². The summed E-state index contributed by atoms with van der Waals surface area (Å²) in [6.45, 7) is 12.1. The lowest BCUT2D eigenvalue weighted by Gasteiger charge is -2.23. The zero-order chi connectivity index (χ0) is 13.6. The van der Waals surface area contributed by atoms with Gasteiger partial charge in [-0.05, 0) is 37.8 Å². The molecule has 0 aromatic heterocycles. The molecule has 18 heavy (non-hydrogen) atoms. The van der Waals surface area contributed by atoms with Gasteiger partial charge in [0.05, 0.1) is 6.54 Å². The Hall–Kier alpha value is -0.610. The molecule has 0 saturated carbocycles. The van der Waals surface area contributed by atoms with E-state index in [1.54, 1.807) is 0 Å². The van der Waals surface area contributed by atoms with Crippen LogP contribution in [0.5, 0.6) is 0 Å². The van der Waals surface area contributed by atoms with E-state index in [1.807, 2.05) is 4.90 Å². The molecule has 0 bridgehead atoms. The summed E-state index contributed by atoms with van der Waals surface area (Å²) in [6, 6.07) is 0. The van der Waals surface area contributed by atoms with Gasteiger partial charge in [-0.1, -0.05) is 20.8 Å². The molecule has 1 heterocycles. The van der Waals surface area contributed by atoms with E-state index in [9.17, 15) is 4.79 Å².